The maximum absolute atomic E-state index is 13.7. The maximum Gasteiger partial charge on any atom is 0.514 e. The predicted octanol–water partition coefficient (Wildman–Crippen LogP) is 2.30. The van der Waals surface area contributed by atoms with Crippen molar-refractivity contribution in [1.29, 1.82) is 0 Å². The molecule has 0 bridgehead atoms. The van der Waals surface area contributed by atoms with Crippen molar-refractivity contribution in [2.45, 2.75) is 81.7 Å². The number of benzene rings is 2. The highest BCUT2D eigenvalue weighted by atomic mass is 16.8. The van der Waals surface area contributed by atoms with Gasteiger partial charge in [-0.25, -0.2) is 4.79 Å². The Balaban J connectivity index is 1.12. The van der Waals surface area contributed by atoms with Gasteiger partial charge in [-0.2, -0.15) is 0 Å². The van der Waals surface area contributed by atoms with Gasteiger partial charge in [0.1, 0.15) is 37.1 Å². The van der Waals surface area contributed by atoms with Crippen LogP contribution in [0.25, 0.3) is 0 Å². The molecule has 4 fully saturated rings. The normalized spacial score (nSPS) is 35.1. The van der Waals surface area contributed by atoms with Crippen molar-refractivity contribution in [2.75, 3.05) is 47.4 Å². The van der Waals surface area contributed by atoms with E-state index in [9.17, 15) is 19.8 Å². The van der Waals surface area contributed by atoms with Gasteiger partial charge in [-0.05, 0) is 61.7 Å². The van der Waals surface area contributed by atoms with E-state index < -0.39 is 84.9 Å². The fraction of sp³-hybridized carbons (Fsp3) is 0.611. The van der Waals surface area contributed by atoms with Crippen LogP contribution in [0.5, 0.6) is 28.7 Å². The Bertz CT molecular complexity index is 1700. The molecule has 0 saturated carbocycles. The number of methoxy groups -OCH3 is 2. The van der Waals surface area contributed by atoms with Crippen LogP contribution >= 0.6 is 0 Å². The maximum atomic E-state index is 13.7. The molecule has 0 radical (unpaired) electrons. The molecule has 5 heterocycles. The lowest BCUT2D eigenvalue weighted by Crippen LogP contribution is -2.63. The number of rotatable bonds is 8. The second-order valence-corrected chi connectivity index (χ2v) is 14.1. The molecular weight excluding hydrogens is 704 g/mol. The third-order valence-electron chi connectivity index (χ3n) is 10.4. The molecule has 0 spiro atoms. The van der Waals surface area contributed by atoms with E-state index in [4.69, 9.17) is 61.6 Å². The van der Waals surface area contributed by atoms with Gasteiger partial charge in [-0.1, -0.05) is 0 Å². The van der Waals surface area contributed by atoms with Gasteiger partial charge in [-0.3, -0.25) is 4.79 Å². The molecule has 0 aromatic heterocycles. The number of hydrogen-bond donors (Lipinski definition) is 2. The second kappa shape index (κ2) is 14.0. The van der Waals surface area contributed by atoms with Gasteiger partial charge in [0.25, 0.3) is 0 Å². The van der Waals surface area contributed by atoms with E-state index in [1.54, 1.807) is 45.0 Å². The summed E-state index contributed by atoms with van der Waals surface area (Å²) < 4.78 is 74.6. The molecule has 53 heavy (non-hydrogen) atoms. The highest BCUT2D eigenvalue weighted by molar-refractivity contribution is 5.79. The van der Waals surface area contributed by atoms with Crippen LogP contribution in [0.2, 0.25) is 0 Å². The van der Waals surface area contributed by atoms with Gasteiger partial charge in [0.2, 0.25) is 12.5 Å². The van der Waals surface area contributed by atoms with Crippen LogP contribution in [-0.2, 0) is 42.7 Å². The number of carbonyl (C=O) groups excluding carboxylic acids is 2. The minimum absolute atomic E-state index is 0.00601. The lowest BCUT2D eigenvalue weighted by Gasteiger charge is -2.47. The van der Waals surface area contributed by atoms with Crippen LogP contribution in [-0.4, -0.2) is 119 Å². The molecule has 0 amide bonds. The van der Waals surface area contributed by atoms with E-state index in [1.165, 1.54) is 14.2 Å². The summed E-state index contributed by atoms with van der Waals surface area (Å²) in [4.78, 5) is 26.5. The second-order valence-electron chi connectivity index (χ2n) is 14.1. The van der Waals surface area contributed by atoms with Gasteiger partial charge in [-0.15, -0.1) is 0 Å². The average molecular weight is 747 g/mol. The van der Waals surface area contributed by atoms with E-state index in [1.807, 2.05) is 0 Å². The Hall–Kier alpha value is -3.94. The number of esters is 1. The number of hydrogen-bond acceptors (Lipinski definition) is 17. The van der Waals surface area contributed by atoms with Crippen molar-refractivity contribution in [3.8, 4) is 28.7 Å². The Labute approximate surface area is 304 Å². The number of aliphatic hydroxyl groups excluding tert-OH is 2. The third-order valence-corrected chi connectivity index (χ3v) is 10.4. The molecule has 2 aromatic carbocycles. The highest BCUT2D eigenvalue weighted by Gasteiger charge is 2.56. The van der Waals surface area contributed by atoms with Crippen molar-refractivity contribution in [3.05, 3.63) is 41.0 Å². The summed E-state index contributed by atoms with van der Waals surface area (Å²) in [5, 5.41) is 22.2. The minimum Gasteiger partial charge on any atom is -0.493 e. The van der Waals surface area contributed by atoms with Crippen LogP contribution in [0.1, 0.15) is 49.5 Å². The van der Waals surface area contributed by atoms with Crippen LogP contribution in [0.15, 0.2) is 24.3 Å². The standard InChI is InChI=1S/C36H42O17/c1-15-43-13-25-32(49-15)28(37)29(38)34(50-25)51-30-19-9-22-21(46-14-47-22)8-18(19)26(27-20(30)12-44-33(27)39)16-6-23(41-4)31(24(7-16)42-5)52-35(40)45-10-17-11-48-36(2,3)53-17/h6-9,15,17,20,25-30,32,34,37-38H,10-14H2,1-5H3/t15?,17?,20?,25?,26?,27-,28?,29?,30?,32?,34?/m0/s1. The molecule has 1 aliphatic carbocycles. The molecular formula is C36H42O17. The average Bonchev–Trinajstić information content (AvgIpc) is 3.86. The Kier molecular flexibility index (Phi) is 9.55. The fourth-order valence-electron chi connectivity index (χ4n) is 7.94. The zero-order valence-electron chi connectivity index (χ0n) is 29.7. The summed E-state index contributed by atoms with van der Waals surface area (Å²) in [6.45, 7) is 5.48. The molecule has 10 unspecified atom stereocenters. The molecule has 288 valence electrons. The van der Waals surface area contributed by atoms with Crippen molar-refractivity contribution in [3.63, 3.8) is 0 Å². The summed E-state index contributed by atoms with van der Waals surface area (Å²) in [7, 11) is 2.81. The van der Waals surface area contributed by atoms with E-state index in [0.717, 1.165) is 0 Å². The first-order chi connectivity index (χ1) is 25.4. The quantitative estimate of drug-likeness (QED) is 0.295. The number of ether oxygens (including phenoxy) is 13. The van der Waals surface area contributed by atoms with Crippen molar-refractivity contribution in [2.24, 2.45) is 11.8 Å². The number of carbonyl (C=O) groups is 2. The Morgan fingerprint density at radius 3 is 2.32 bits per heavy atom. The lowest BCUT2D eigenvalue weighted by atomic mass is 9.66. The largest absolute Gasteiger partial charge is 0.514 e. The third kappa shape index (κ3) is 6.62. The lowest BCUT2D eigenvalue weighted by molar-refractivity contribution is -0.364. The Morgan fingerprint density at radius 1 is 0.925 bits per heavy atom. The molecule has 5 aliphatic heterocycles. The first kappa shape index (κ1) is 36.1. The topological polar surface area (TPSA) is 195 Å². The molecule has 2 aromatic rings. The van der Waals surface area contributed by atoms with Crippen LogP contribution in [0.3, 0.4) is 0 Å². The number of fused-ring (bicyclic) bond motifs is 4. The smallest absolute Gasteiger partial charge is 0.493 e. The first-order valence-electron chi connectivity index (χ1n) is 17.4. The van der Waals surface area contributed by atoms with E-state index >= 15 is 0 Å². The van der Waals surface area contributed by atoms with Gasteiger partial charge in [0.15, 0.2) is 41.4 Å². The number of cyclic esters (lactones) is 1. The number of aliphatic hydroxyl groups is 2. The zero-order chi connectivity index (χ0) is 37.2. The predicted molar refractivity (Wildman–Crippen MR) is 174 cm³/mol. The molecule has 17 nitrogen and oxygen atoms in total. The van der Waals surface area contributed by atoms with Crippen molar-refractivity contribution in [1.82, 2.24) is 0 Å². The van der Waals surface area contributed by atoms with Crippen LogP contribution in [0, 0.1) is 11.8 Å². The monoisotopic (exact) mass is 746 g/mol. The first-order valence-corrected chi connectivity index (χ1v) is 17.4. The fourth-order valence-corrected chi connectivity index (χ4v) is 7.94. The van der Waals surface area contributed by atoms with Crippen molar-refractivity contribution >= 4 is 12.1 Å². The van der Waals surface area contributed by atoms with E-state index in [-0.39, 0.29) is 50.5 Å². The molecule has 2 N–H and O–H groups in total. The van der Waals surface area contributed by atoms with E-state index in [0.29, 0.717) is 28.2 Å². The van der Waals surface area contributed by atoms with Crippen LogP contribution in [0.4, 0.5) is 4.79 Å². The molecule has 6 aliphatic rings. The summed E-state index contributed by atoms with van der Waals surface area (Å²) >= 11 is 0. The van der Waals surface area contributed by atoms with Gasteiger partial charge < -0.3 is 71.8 Å². The van der Waals surface area contributed by atoms with E-state index in [2.05, 4.69) is 0 Å². The highest BCUT2D eigenvalue weighted by Crippen LogP contribution is 2.57. The molecule has 4 saturated heterocycles. The summed E-state index contributed by atoms with van der Waals surface area (Å²) in [5.74, 6) is -2.17. The SMILES string of the molecule is COc1cc(C2c3cc4c(cc3C(OC3OC5COC(C)OC5C(O)C3O)C3COC(=O)[C@H]23)OCO4)cc(OC)c1OC(=O)OCC1COC(C)(C)O1. The molecule has 8 rings (SSSR count). The van der Waals surface area contributed by atoms with Crippen LogP contribution < -0.4 is 23.7 Å². The molecule has 17 heteroatoms. The minimum atomic E-state index is -1.48. The van der Waals surface area contributed by atoms with Gasteiger partial charge in [0.05, 0.1) is 46.1 Å². The van der Waals surface area contributed by atoms with Gasteiger partial charge in [0, 0.05) is 11.8 Å². The van der Waals surface area contributed by atoms with Crippen molar-refractivity contribution < 1.29 is 81.4 Å². The zero-order valence-corrected chi connectivity index (χ0v) is 29.7. The molecule has 11 atom stereocenters. The Morgan fingerprint density at radius 2 is 1.64 bits per heavy atom. The summed E-state index contributed by atoms with van der Waals surface area (Å²) in [6, 6.07) is 6.86. The summed E-state index contributed by atoms with van der Waals surface area (Å²) in [5.41, 5.74) is 1.84. The summed E-state index contributed by atoms with van der Waals surface area (Å²) in [6.07, 6.45) is -8.57. The van der Waals surface area contributed by atoms with Gasteiger partial charge >= 0.3 is 12.1 Å².